The zero-order chi connectivity index (χ0) is 15.2. The van der Waals surface area contributed by atoms with Gasteiger partial charge < -0.3 is 10.0 Å². The molecule has 0 aliphatic rings. The molecule has 0 bridgehead atoms. The van der Waals surface area contributed by atoms with Crippen LogP contribution in [0, 0.1) is 0 Å². The number of carbonyl (C=O) groups excluding carboxylic acids is 1. The zero-order valence-electron chi connectivity index (χ0n) is 11.6. The number of rotatable bonds is 5. The fraction of sp³-hybridized carbons (Fsp3) is 0.200. The first-order valence-electron chi connectivity index (χ1n) is 6.42. The summed E-state index contributed by atoms with van der Waals surface area (Å²) >= 11 is 0. The summed E-state index contributed by atoms with van der Waals surface area (Å²) in [6, 6.07) is 8.16. The van der Waals surface area contributed by atoms with Gasteiger partial charge in [-0.25, -0.2) is 9.78 Å². The lowest BCUT2D eigenvalue weighted by Crippen LogP contribution is -2.29. The van der Waals surface area contributed by atoms with Crippen LogP contribution < -0.4 is 0 Å². The Morgan fingerprint density at radius 1 is 1.14 bits per heavy atom. The third-order valence-electron chi connectivity index (χ3n) is 3.02. The molecule has 0 spiro atoms. The van der Waals surface area contributed by atoms with Crippen molar-refractivity contribution in [2.24, 2.45) is 0 Å². The number of nitrogens with zero attached hydrogens (tertiary/aromatic N) is 3. The van der Waals surface area contributed by atoms with Gasteiger partial charge in [0.05, 0.1) is 0 Å². The van der Waals surface area contributed by atoms with Crippen LogP contribution in [0.5, 0.6) is 0 Å². The van der Waals surface area contributed by atoms with Gasteiger partial charge in [-0.15, -0.1) is 0 Å². The molecule has 0 aromatic carbocycles. The van der Waals surface area contributed by atoms with Crippen molar-refractivity contribution in [1.29, 1.82) is 0 Å². The molecule has 21 heavy (non-hydrogen) atoms. The molecule has 6 nitrogen and oxygen atoms in total. The fourth-order valence-electron chi connectivity index (χ4n) is 1.82. The summed E-state index contributed by atoms with van der Waals surface area (Å²) in [4.78, 5) is 32.4. The number of hydrogen-bond acceptors (Lipinski definition) is 4. The molecule has 0 saturated heterocycles. The standard InChI is InChI=1S/C15H15N3O3/c1-18(10-7-11-5-8-16-9-6-11)14(19)12-3-2-4-13(17-12)15(20)21/h2-6,8-9H,7,10H2,1H3,(H,20,21). The van der Waals surface area contributed by atoms with E-state index in [0.717, 1.165) is 5.56 Å². The molecule has 0 saturated carbocycles. The number of carbonyl (C=O) groups is 2. The minimum Gasteiger partial charge on any atom is -0.477 e. The number of carboxylic acids is 1. The normalized spacial score (nSPS) is 10.1. The highest BCUT2D eigenvalue weighted by molar-refractivity contribution is 5.94. The number of aromatic carboxylic acids is 1. The molecule has 2 rings (SSSR count). The van der Waals surface area contributed by atoms with Gasteiger partial charge in [0.1, 0.15) is 11.4 Å². The maximum absolute atomic E-state index is 12.2. The quantitative estimate of drug-likeness (QED) is 0.899. The zero-order valence-corrected chi connectivity index (χ0v) is 11.6. The maximum Gasteiger partial charge on any atom is 0.354 e. The second-order valence-corrected chi connectivity index (χ2v) is 4.55. The van der Waals surface area contributed by atoms with Gasteiger partial charge in [-0.05, 0) is 36.2 Å². The van der Waals surface area contributed by atoms with Gasteiger partial charge >= 0.3 is 5.97 Å². The van der Waals surface area contributed by atoms with Gasteiger partial charge in [-0.1, -0.05) is 6.07 Å². The van der Waals surface area contributed by atoms with Crippen molar-refractivity contribution in [2.75, 3.05) is 13.6 Å². The van der Waals surface area contributed by atoms with E-state index < -0.39 is 5.97 Å². The Hall–Kier alpha value is -2.76. The minimum absolute atomic E-state index is 0.132. The number of pyridine rings is 2. The third-order valence-corrected chi connectivity index (χ3v) is 3.02. The first-order chi connectivity index (χ1) is 10.1. The molecule has 6 heteroatoms. The second kappa shape index (κ2) is 6.60. The summed E-state index contributed by atoms with van der Waals surface area (Å²) in [5.74, 6) is -1.45. The van der Waals surface area contributed by atoms with Crippen LogP contribution in [0.3, 0.4) is 0 Å². The second-order valence-electron chi connectivity index (χ2n) is 4.55. The van der Waals surface area contributed by atoms with Crippen LogP contribution in [0.2, 0.25) is 0 Å². The van der Waals surface area contributed by atoms with E-state index in [1.165, 1.54) is 23.1 Å². The van der Waals surface area contributed by atoms with Crippen molar-refractivity contribution in [2.45, 2.75) is 6.42 Å². The van der Waals surface area contributed by atoms with Gasteiger partial charge in [0.15, 0.2) is 0 Å². The molecule has 0 fully saturated rings. The number of aromatic nitrogens is 2. The van der Waals surface area contributed by atoms with Gasteiger partial charge in [0, 0.05) is 26.0 Å². The number of likely N-dealkylation sites (N-methyl/N-ethyl adjacent to an activating group) is 1. The molecule has 2 aromatic heterocycles. The SMILES string of the molecule is CN(CCc1ccncc1)C(=O)c1cccc(C(=O)O)n1. The van der Waals surface area contributed by atoms with Crippen molar-refractivity contribution >= 4 is 11.9 Å². The first kappa shape index (κ1) is 14.6. The lowest BCUT2D eigenvalue weighted by Gasteiger charge is -2.16. The van der Waals surface area contributed by atoms with E-state index in [-0.39, 0.29) is 17.3 Å². The predicted molar refractivity (Wildman–Crippen MR) is 76.1 cm³/mol. The highest BCUT2D eigenvalue weighted by Crippen LogP contribution is 2.05. The number of hydrogen-bond donors (Lipinski definition) is 1. The van der Waals surface area contributed by atoms with Crippen LogP contribution in [0.25, 0.3) is 0 Å². The monoisotopic (exact) mass is 285 g/mol. The Kier molecular flexibility index (Phi) is 4.61. The smallest absolute Gasteiger partial charge is 0.354 e. The third kappa shape index (κ3) is 3.85. The van der Waals surface area contributed by atoms with Gasteiger partial charge in [0.2, 0.25) is 0 Å². The minimum atomic E-state index is -1.15. The van der Waals surface area contributed by atoms with E-state index in [0.29, 0.717) is 13.0 Å². The van der Waals surface area contributed by atoms with E-state index in [1.807, 2.05) is 12.1 Å². The van der Waals surface area contributed by atoms with Crippen LogP contribution in [0.1, 0.15) is 26.5 Å². The first-order valence-corrected chi connectivity index (χ1v) is 6.42. The van der Waals surface area contributed by atoms with Crippen molar-refractivity contribution in [3.8, 4) is 0 Å². The molecule has 1 amide bonds. The molecule has 0 aliphatic carbocycles. The molecule has 2 aromatic rings. The summed E-state index contributed by atoms with van der Waals surface area (Å²) < 4.78 is 0. The van der Waals surface area contributed by atoms with Crippen molar-refractivity contribution in [3.05, 3.63) is 59.7 Å². The lowest BCUT2D eigenvalue weighted by atomic mass is 10.2. The van der Waals surface area contributed by atoms with Crippen LogP contribution in [0.4, 0.5) is 0 Å². The summed E-state index contributed by atoms with van der Waals surface area (Å²) in [5, 5.41) is 8.89. The van der Waals surface area contributed by atoms with Crippen LogP contribution in [-0.4, -0.2) is 45.4 Å². The summed E-state index contributed by atoms with van der Waals surface area (Å²) in [6.45, 7) is 0.516. The average Bonchev–Trinajstić information content (AvgIpc) is 2.53. The molecule has 0 aliphatic heterocycles. The summed E-state index contributed by atoms with van der Waals surface area (Å²) in [7, 11) is 1.67. The molecular formula is C15H15N3O3. The van der Waals surface area contributed by atoms with Crippen LogP contribution in [0.15, 0.2) is 42.7 Å². The van der Waals surface area contributed by atoms with E-state index in [2.05, 4.69) is 9.97 Å². The largest absolute Gasteiger partial charge is 0.477 e. The van der Waals surface area contributed by atoms with Gasteiger partial charge in [0.25, 0.3) is 5.91 Å². The van der Waals surface area contributed by atoms with E-state index in [9.17, 15) is 9.59 Å². The van der Waals surface area contributed by atoms with Gasteiger partial charge in [-0.2, -0.15) is 0 Å². The number of carboxylic acid groups (broad SMARTS) is 1. The Bertz CT molecular complexity index is 644. The van der Waals surface area contributed by atoms with Gasteiger partial charge in [-0.3, -0.25) is 9.78 Å². The Balaban J connectivity index is 2.02. The molecule has 2 heterocycles. The highest BCUT2D eigenvalue weighted by atomic mass is 16.4. The number of amides is 1. The van der Waals surface area contributed by atoms with E-state index >= 15 is 0 Å². The van der Waals surface area contributed by atoms with Crippen LogP contribution >= 0.6 is 0 Å². The summed E-state index contributed by atoms with van der Waals surface area (Å²) in [5.41, 5.74) is 1.08. The summed E-state index contributed by atoms with van der Waals surface area (Å²) in [6.07, 6.45) is 4.10. The highest BCUT2D eigenvalue weighted by Gasteiger charge is 2.15. The Morgan fingerprint density at radius 3 is 2.48 bits per heavy atom. The molecule has 0 atom stereocenters. The topological polar surface area (TPSA) is 83.4 Å². The molecule has 108 valence electrons. The van der Waals surface area contributed by atoms with Crippen LogP contribution in [-0.2, 0) is 6.42 Å². The van der Waals surface area contributed by atoms with Crippen molar-refractivity contribution < 1.29 is 14.7 Å². The lowest BCUT2D eigenvalue weighted by molar-refractivity contribution is 0.0690. The molecule has 0 radical (unpaired) electrons. The van der Waals surface area contributed by atoms with E-state index in [4.69, 9.17) is 5.11 Å². The Morgan fingerprint density at radius 2 is 1.81 bits per heavy atom. The van der Waals surface area contributed by atoms with Crippen molar-refractivity contribution in [1.82, 2.24) is 14.9 Å². The molecular weight excluding hydrogens is 270 g/mol. The van der Waals surface area contributed by atoms with E-state index in [1.54, 1.807) is 19.4 Å². The molecule has 1 N–H and O–H groups in total. The molecule has 0 unspecified atom stereocenters. The fourth-order valence-corrected chi connectivity index (χ4v) is 1.82. The predicted octanol–water partition coefficient (Wildman–Crippen LogP) is 1.49. The Labute approximate surface area is 122 Å². The average molecular weight is 285 g/mol. The maximum atomic E-state index is 12.2. The van der Waals surface area contributed by atoms with Crippen molar-refractivity contribution in [3.63, 3.8) is 0 Å².